The van der Waals surface area contributed by atoms with Crippen LogP contribution in [0, 0.1) is 17.0 Å². The Morgan fingerprint density at radius 2 is 2.13 bits per heavy atom. The van der Waals surface area contributed by atoms with Gasteiger partial charge in [-0.05, 0) is 31.9 Å². The average Bonchev–Trinajstić information content (AvgIpc) is 3.27. The van der Waals surface area contributed by atoms with E-state index in [4.69, 9.17) is 4.74 Å². The van der Waals surface area contributed by atoms with Crippen molar-refractivity contribution >= 4 is 17.5 Å². The molecule has 1 fully saturated rings. The van der Waals surface area contributed by atoms with Gasteiger partial charge in [0, 0.05) is 24.7 Å². The number of aryl methyl sites for hydroxylation is 1. The highest BCUT2D eigenvalue weighted by Crippen LogP contribution is 2.23. The van der Waals surface area contributed by atoms with E-state index in [1.807, 2.05) is 0 Å². The van der Waals surface area contributed by atoms with E-state index < -0.39 is 4.92 Å². The van der Waals surface area contributed by atoms with Gasteiger partial charge in [0.05, 0.1) is 11.5 Å². The summed E-state index contributed by atoms with van der Waals surface area (Å²) in [4.78, 5) is 35.1. The van der Waals surface area contributed by atoms with Gasteiger partial charge in [-0.15, -0.1) is 0 Å². The number of rotatable bonds is 7. The van der Waals surface area contributed by atoms with E-state index in [0.717, 1.165) is 12.8 Å². The fourth-order valence-electron chi connectivity index (χ4n) is 1.98. The third-order valence-electron chi connectivity index (χ3n) is 3.48. The van der Waals surface area contributed by atoms with E-state index in [-0.39, 0.29) is 36.7 Å². The van der Waals surface area contributed by atoms with Crippen molar-refractivity contribution in [3.05, 3.63) is 33.9 Å². The van der Waals surface area contributed by atoms with Gasteiger partial charge < -0.3 is 15.0 Å². The number of carbonyl (C=O) groups is 2. The zero-order valence-electron chi connectivity index (χ0n) is 13.1. The number of likely N-dealkylation sites (N-methyl/N-ethyl adjacent to an activating group) is 1. The summed E-state index contributed by atoms with van der Waals surface area (Å²) in [5.74, 6) is -0.154. The average molecular weight is 321 g/mol. The summed E-state index contributed by atoms with van der Waals surface area (Å²) in [5.41, 5.74) is 0.453. The maximum Gasteiger partial charge on any atom is 0.272 e. The van der Waals surface area contributed by atoms with Gasteiger partial charge in [0.25, 0.3) is 11.6 Å². The van der Waals surface area contributed by atoms with Gasteiger partial charge in [-0.25, -0.2) is 0 Å². The lowest BCUT2D eigenvalue weighted by Crippen LogP contribution is -2.40. The molecule has 8 nitrogen and oxygen atoms in total. The molecule has 1 aliphatic carbocycles. The Balaban J connectivity index is 1.82. The van der Waals surface area contributed by atoms with Crippen LogP contribution in [0.25, 0.3) is 0 Å². The monoisotopic (exact) mass is 321 g/mol. The lowest BCUT2D eigenvalue weighted by molar-refractivity contribution is -0.385. The molecule has 0 unspecified atom stereocenters. The topological polar surface area (TPSA) is 102 Å². The Labute approximate surface area is 133 Å². The van der Waals surface area contributed by atoms with Crippen molar-refractivity contribution in [1.82, 2.24) is 10.2 Å². The minimum absolute atomic E-state index is 0.00228. The van der Waals surface area contributed by atoms with Gasteiger partial charge >= 0.3 is 0 Å². The smallest absolute Gasteiger partial charge is 0.272 e. The molecule has 124 valence electrons. The number of nitrogens with one attached hydrogen (secondary N) is 1. The lowest BCUT2D eigenvalue weighted by atomic mass is 10.2. The van der Waals surface area contributed by atoms with Gasteiger partial charge in [-0.3, -0.25) is 19.7 Å². The van der Waals surface area contributed by atoms with Crippen LogP contribution < -0.4 is 10.1 Å². The van der Waals surface area contributed by atoms with E-state index in [2.05, 4.69) is 5.32 Å². The molecule has 0 atom stereocenters. The van der Waals surface area contributed by atoms with Crippen molar-refractivity contribution in [2.45, 2.75) is 25.8 Å². The normalized spacial score (nSPS) is 13.3. The Kier molecular flexibility index (Phi) is 5.15. The van der Waals surface area contributed by atoms with Crippen LogP contribution in [-0.2, 0) is 9.59 Å². The molecule has 0 heterocycles. The number of ether oxygens (including phenoxy) is 1. The maximum atomic E-state index is 11.9. The van der Waals surface area contributed by atoms with Crippen molar-refractivity contribution in [1.29, 1.82) is 0 Å². The number of nitro groups is 1. The zero-order valence-corrected chi connectivity index (χ0v) is 13.1. The Morgan fingerprint density at radius 1 is 1.43 bits per heavy atom. The second kappa shape index (κ2) is 7.08. The van der Waals surface area contributed by atoms with Crippen molar-refractivity contribution in [2.75, 3.05) is 20.2 Å². The summed E-state index contributed by atoms with van der Waals surface area (Å²) < 4.78 is 5.33. The fraction of sp³-hybridized carbons (Fsp3) is 0.467. The molecule has 1 aromatic carbocycles. The molecule has 0 saturated heterocycles. The number of nitro benzene ring substituents is 1. The largest absolute Gasteiger partial charge is 0.484 e. The van der Waals surface area contributed by atoms with Gasteiger partial charge in [0.2, 0.25) is 5.91 Å². The van der Waals surface area contributed by atoms with E-state index in [1.165, 1.54) is 30.1 Å². The predicted molar refractivity (Wildman–Crippen MR) is 82.1 cm³/mol. The van der Waals surface area contributed by atoms with Crippen LogP contribution in [0.5, 0.6) is 5.75 Å². The van der Waals surface area contributed by atoms with Crippen LogP contribution in [0.4, 0.5) is 5.69 Å². The van der Waals surface area contributed by atoms with Crippen molar-refractivity contribution in [3.8, 4) is 5.75 Å². The molecular weight excluding hydrogens is 302 g/mol. The highest BCUT2D eigenvalue weighted by molar-refractivity contribution is 5.85. The highest BCUT2D eigenvalue weighted by atomic mass is 16.6. The Hall–Kier alpha value is -2.64. The quantitative estimate of drug-likeness (QED) is 0.597. The fourth-order valence-corrected chi connectivity index (χ4v) is 1.98. The molecule has 8 heteroatoms. The van der Waals surface area contributed by atoms with Gasteiger partial charge in [0.15, 0.2) is 6.61 Å². The summed E-state index contributed by atoms with van der Waals surface area (Å²) in [6, 6.07) is 4.54. The minimum atomic E-state index is -0.476. The van der Waals surface area contributed by atoms with Crippen LogP contribution in [0.1, 0.15) is 18.4 Å². The van der Waals surface area contributed by atoms with E-state index in [0.29, 0.717) is 11.3 Å². The van der Waals surface area contributed by atoms with Crippen molar-refractivity contribution in [3.63, 3.8) is 0 Å². The number of amides is 2. The molecule has 23 heavy (non-hydrogen) atoms. The molecule has 1 N–H and O–H groups in total. The molecule has 2 amide bonds. The summed E-state index contributed by atoms with van der Waals surface area (Å²) >= 11 is 0. The first kappa shape index (κ1) is 16.7. The lowest BCUT2D eigenvalue weighted by Gasteiger charge is -2.17. The van der Waals surface area contributed by atoms with Crippen LogP contribution in [-0.4, -0.2) is 47.9 Å². The first-order chi connectivity index (χ1) is 10.9. The van der Waals surface area contributed by atoms with Crippen molar-refractivity contribution in [2.24, 2.45) is 0 Å². The number of nitrogens with zero attached hydrogens (tertiary/aromatic N) is 2. The van der Waals surface area contributed by atoms with Crippen LogP contribution in [0.15, 0.2) is 18.2 Å². The third kappa shape index (κ3) is 4.94. The zero-order chi connectivity index (χ0) is 17.0. The molecule has 0 radical (unpaired) electrons. The number of carbonyl (C=O) groups excluding carboxylic acids is 2. The van der Waals surface area contributed by atoms with Crippen LogP contribution >= 0.6 is 0 Å². The minimum Gasteiger partial charge on any atom is -0.484 e. The predicted octanol–water partition coefficient (Wildman–Crippen LogP) is 1.02. The van der Waals surface area contributed by atoms with E-state index in [1.54, 1.807) is 6.92 Å². The first-order valence-electron chi connectivity index (χ1n) is 7.28. The summed E-state index contributed by atoms with van der Waals surface area (Å²) in [7, 11) is 1.53. The van der Waals surface area contributed by atoms with E-state index >= 15 is 0 Å². The number of hydrogen-bond donors (Lipinski definition) is 1. The molecule has 1 aliphatic rings. The van der Waals surface area contributed by atoms with Gasteiger partial charge in [-0.1, -0.05) is 0 Å². The SMILES string of the molecule is Cc1cc(OCC(=O)N(C)CC(=O)NC2CC2)ccc1[N+](=O)[O-]. The van der Waals surface area contributed by atoms with Crippen molar-refractivity contribution < 1.29 is 19.2 Å². The highest BCUT2D eigenvalue weighted by Gasteiger charge is 2.24. The van der Waals surface area contributed by atoms with Gasteiger partial charge in [-0.2, -0.15) is 0 Å². The van der Waals surface area contributed by atoms with Crippen LogP contribution in [0.2, 0.25) is 0 Å². The molecule has 0 aliphatic heterocycles. The number of benzene rings is 1. The number of hydrogen-bond acceptors (Lipinski definition) is 5. The molecule has 0 aromatic heterocycles. The maximum absolute atomic E-state index is 11.9. The first-order valence-corrected chi connectivity index (χ1v) is 7.28. The molecule has 0 bridgehead atoms. The Bertz CT molecular complexity index is 628. The molecular formula is C15H19N3O5. The molecule has 1 saturated carbocycles. The standard InChI is InChI=1S/C15H19N3O5/c1-10-7-12(5-6-13(10)18(21)22)23-9-15(20)17(2)8-14(19)16-11-3-4-11/h5-7,11H,3-4,8-9H2,1-2H3,(H,16,19). The molecule has 2 rings (SSSR count). The van der Waals surface area contributed by atoms with E-state index in [9.17, 15) is 19.7 Å². The Morgan fingerprint density at radius 3 is 2.70 bits per heavy atom. The van der Waals surface area contributed by atoms with Crippen LogP contribution in [0.3, 0.4) is 0 Å². The second-order valence-corrected chi connectivity index (χ2v) is 5.59. The summed E-state index contributed by atoms with van der Waals surface area (Å²) in [6.07, 6.45) is 1.98. The molecule has 0 spiro atoms. The molecule has 1 aromatic rings. The summed E-state index contributed by atoms with van der Waals surface area (Å²) in [5, 5.41) is 13.5. The second-order valence-electron chi connectivity index (χ2n) is 5.59. The summed E-state index contributed by atoms with van der Waals surface area (Å²) in [6.45, 7) is 1.35. The third-order valence-corrected chi connectivity index (χ3v) is 3.48. The van der Waals surface area contributed by atoms with Gasteiger partial charge in [0.1, 0.15) is 5.75 Å².